The van der Waals surface area contributed by atoms with Crippen molar-refractivity contribution in [2.24, 2.45) is 0 Å². The zero-order valence-corrected chi connectivity index (χ0v) is 23.9. The van der Waals surface area contributed by atoms with Crippen molar-refractivity contribution in [2.45, 2.75) is 12.8 Å². The predicted octanol–water partition coefficient (Wildman–Crippen LogP) is 8.28. The molecule has 2 heterocycles. The monoisotopic (exact) mass is 681 g/mol. The molecule has 2 nitrogen and oxygen atoms in total. The van der Waals surface area contributed by atoms with Crippen molar-refractivity contribution in [1.82, 2.24) is 9.97 Å². The van der Waals surface area contributed by atoms with Crippen LogP contribution in [-0.2, 0) is 32.9 Å². The first kappa shape index (κ1) is 27.9. The van der Waals surface area contributed by atoms with Gasteiger partial charge in [-0.3, -0.25) is 0 Å². The van der Waals surface area contributed by atoms with Crippen molar-refractivity contribution in [3.8, 4) is 22.5 Å². The van der Waals surface area contributed by atoms with Crippen LogP contribution in [0.3, 0.4) is 0 Å². The van der Waals surface area contributed by atoms with Gasteiger partial charge in [0.05, 0.1) is 0 Å². The first-order valence-electron chi connectivity index (χ1n) is 12.8. The van der Waals surface area contributed by atoms with E-state index >= 15 is 0 Å². The number of aromatic nitrogens is 2. The average molecular weight is 681 g/mol. The molecule has 193 valence electrons. The van der Waals surface area contributed by atoms with Crippen LogP contribution in [0.15, 0.2) is 146 Å². The van der Waals surface area contributed by atoms with E-state index in [9.17, 15) is 0 Å². The van der Waals surface area contributed by atoms with Gasteiger partial charge >= 0.3 is 0 Å². The van der Waals surface area contributed by atoms with Crippen LogP contribution in [-0.4, -0.2) is 9.97 Å². The number of hydrogen-bond donors (Lipinski definition) is 0. The van der Waals surface area contributed by atoms with Gasteiger partial charge in [-0.05, 0) is 53.1 Å². The van der Waals surface area contributed by atoms with E-state index in [0.29, 0.717) is 0 Å². The Hall–Kier alpha value is -4.17. The first-order chi connectivity index (χ1) is 18.8. The smallest absolute Gasteiger partial charge is 0.0163 e. The molecule has 4 aromatic carbocycles. The molecule has 6 rings (SSSR count). The Kier molecular flexibility index (Phi) is 10.5. The molecule has 0 aliphatic heterocycles. The fraction of sp³-hybridized carbons (Fsp3) is 0.0556. The van der Waals surface area contributed by atoms with Crippen LogP contribution >= 0.6 is 0 Å². The van der Waals surface area contributed by atoms with Gasteiger partial charge < -0.3 is 9.97 Å². The van der Waals surface area contributed by atoms with Crippen LogP contribution in [0.5, 0.6) is 0 Å². The molecule has 0 bridgehead atoms. The number of hydrogen-bond acceptors (Lipinski definition) is 2. The molecule has 0 N–H and O–H groups in total. The van der Waals surface area contributed by atoms with E-state index in [0.717, 1.165) is 35.4 Å². The van der Waals surface area contributed by atoms with Crippen molar-refractivity contribution >= 4 is 0 Å². The molecule has 0 aliphatic rings. The fourth-order valence-electron chi connectivity index (χ4n) is 4.30. The van der Waals surface area contributed by atoms with Crippen molar-refractivity contribution in [3.05, 3.63) is 180 Å². The molecule has 3 heteroatoms. The van der Waals surface area contributed by atoms with Crippen LogP contribution in [0.25, 0.3) is 22.5 Å². The summed E-state index contributed by atoms with van der Waals surface area (Å²) in [7, 11) is 0. The Morgan fingerprint density at radius 1 is 0.487 bits per heavy atom. The molecule has 0 spiro atoms. The number of rotatable bonds is 6. The first-order valence-corrected chi connectivity index (χ1v) is 12.8. The molecule has 0 saturated carbocycles. The second-order valence-corrected chi connectivity index (χ2v) is 8.94. The van der Waals surface area contributed by atoms with E-state index in [4.69, 9.17) is 0 Å². The Bertz CT molecular complexity index is 1540. The van der Waals surface area contributed by atoms with Gasteiger partial charge in [-0.1, -0.05) is 78.4 Å². The zero-order chi connectivity index (χ0) is 25.8. The summed E-state index contributed by atoms with van der Waals surface area (Å²) in [5.41, 5.74) is 9.21. The van der Waals surface area contributed by atoms with Crippen LogP contribution in [0, 0.1) is 12.1 Å². The summed E-state index contributed by atoms with van der Waals surface area (Å²) < 4.78 is 0. The van der Waals surface area contributed by atoms with Gasteiger partial charge in [0.15, 0.2) is 0 Å². The molecule has 0 amide bonds. The van der Waals surface area contributed by atoms with E-state index in [1.165, 1.54) is 22.3 Å². The van der Waals surface area contributed by atoms with Crippen molar-refractivity contribution < 1.29 is 20.1 Å². The topological polar surface area (TPSA) is 25.8 Å². The Morgan fingerprint density at radius 3 is 1.74 bits per heavy atom. The SMILES string of the molecule is [Ir].[c-]1ccccc1-c1cc(Cc2ccccc2)ccn1.[c-]1ccccc1-c1ncccc1Cc1ccccc1. The maximum Gasteiger partial charge on any atom is 0.0163 e. The van der Waals surface area contributed by atoms with Gasteiger partial charge in [-0.15, -0.1) is 71.8 Å². The molecule has 0 aliphatic carbocycles. The Morgan fingerprint density at radius 2 is 1.10 bits per heavy atom. The number of nitrogens with zero attached hydrogens (tertiary/aromatic N) is 2. The Balaban J connectivity index is 0.000000176. The largest absolute Gasteiger partial charge is 0.305 e. The van der Waals surface area contributed by atoms with Gasteiger partial charge in [0.2, 0.25) is 0 Å². The van der Waals surface area contributed by atoms with Crippen molar-refractivity contribution in [1.29, 1.82) is 0 Å². The molecule has 0 saturated heterocycles. The fourth-order valence-corrected chi connectivity index (χ4v) is 4.30. The summed E-state index contributed by atoms with van der Waals surface area (Å²) >= 11 is 0. The summed E-state index contributed by atoms with van der Waals surface area (Å²) in [5.74, 6) is 0. The van der Waals surface area contributed by atoms with E-state index in [-0.39, 0.29) is 20.1 Å². The summed E-state index contributed by atoms with van der Waals surface area (Å²) in [6.07, 6.45) is 5.54. The van der Waals surface area contributed by atoms with E-state index in [1.807, 2.05) is 73.1 Å². The van der Waals surface area contributed by atoms with Gasteiger partial charge in [-0.25, -0.2) is 0 Å². The average Bonchev–Trinajstić information content (AvgIpc) is 3.00. The van der Waals surface area contributed by atoms with E-state index < -0.39 is 0 Å². The van der Waals surface area contributed by atoms with Crippen molar-refractivity contribution in [2.75, 3.05) is 0 Å². The van der Waals surface area contributed by atoms with Crippen LogP contribution in [0.2, 0.25) is 0 Å². The summed E-state index contributed by atoms with van der Waals surface area (Å²) in [6, 6.07) is 51.7. The standard InChI is InChI=1S/2C18H14N.Ir/c1-3-8-15(9-4-1)14-17-12-7-13-19-18(17)16-10-5-2-6-11-16;1-3-7-15(8-4-1)13-16-11-12-19-18(14-16)17-9-5-2-6-10-17;/h1-10,12-13H,14H2;1-9,11-12,14H,13H2;/q2*-1;. The minimum absolute atomic E-state index is 0. The number of pyridine rings is 2. The summed E-state index contributed by atoms with van der Waals surface area (Å²) in [4.78, 5) is 8.93. The zero-order valence-electron chi connectivity index (χ0n) is 21.5. The van der Waals surface area contributed by atoms with Crippen molar-refractivity contribution in [3.63, 3.8) is 0 Å². The minimum atomic E-state index is 0. The normalized spacial score (nSPS) is 10.1. The molecule has 0 atom stereocenters. The molecule has 0 fully saturated rings. The molecular formula is C36H28IrN2-2. The molecule has 1 radical (unpaired) electrons. The maximum atomic E-state index is 4.51. The molecule has 6 aromatic rings. The quantitative estimate of drug-likeness (QED) is 0.166. The second-order valence-electron chi connectivity index (χ2n) is 8.94. The predicted molar refractivity (Wildman–Crippen MR) is 156 cm³/mol. The van der Waals surface area contributed by atoms with Gasteiger partial charge in [-0.2, -0.15) is 0 Å². The van der Waals surface area contributed by atoms with E-state index in [1.54, 1.807) is 0 Å². The molecule has 39 heavy (non-hydrogen) atoms. The van der Waals surface area contributed by atoms with Gasteiger partial charge in [0.1, 0.15) is 0 Å². The van der Waals surface area contributed by atoms with Crippen LogP contribution in [0.4, 0.5) is 0 Å². The van der Waals surface area contributed by atoms with Crippen LogP contribution in [0.1, 0.15) is 22.3 Å². The summed E-state index contributed by atoms with van der Waals surface area (Å²) in [6.45, 7) is 0. The third kappa shape index (κ3) is 8.15. The van der Waals surface area contributed by atoms with Gasteiger partial charge in [0.25, 0.3) is 0 Å². The second kappa shape index (κ2) is 14.7. The third-order valence-corrected chi connectivity index (χ3v) is 6.15. The van der Waals surface area contributed by atoms with Gasteiger partial charge in [0, 0.05) is 32.5 Å². The molecule has 0 unspecified atom stereocenters. The third-order valence-electron chi connectivity index (χ3n) is 6.15. The molecule has 2 aromatic heterocycles. The maximum absolute atomic E-state index is 4.51. The number of benzene rings is 4. The summed E-state index contributed by atoms with van der Waals surface area (Å²) in [5, 5.41) is 0. The minimum Gasteiger partial charge on any atom is -0.305 e. The Labute approximate surface area is 244 Å². The van der Waals surface area contributed by atoms with Crippen LogP contribution < -0.4 is 0 Å². The molecular weight excluding hydrogens is 653 g/mol. The van der Waals surface area contributed by atoms with E-state index in [2.05, 4.69) is 94.9 Å².